The first kappa shape index (κ1) is 16.1. The second-order valence-electron chi connectivity index (χ2n) is 4.33. The number of benzene rings is 1. The van der Waals surface area contributed by atoms with Crippen LogP contribution in [0.5, 0.6) is 0 Å². The Morgan fingerprint density at radius 1 is 1.35 bits per heavy atom. The van der Waals surface area contributed by atoms with Gasteiger partial charge < -0.3 is 5.32 Å². The number of nitrogens with one attached hydrogen (secondary N) is 1. The van der Waals surface area contributed by atoms with Crippen LogP contribution in [0.2, 0.25) is 5.02 Å². The summed E-state index contributed by atoms with van der Waals surface area (Å²) in [5.74, 6) is -0.680. The van der Waals surface area contributed by atoms with Crippen molar-refractivity contribution in [2.75, 3.05) is 5.32 Å². The molecule has 0 radical (unpaired) electrons. The average molecular weight is 329 g/mol. The first-order valence-electron chi connectivity index (χ1n) is 6.28. The van der Waals surface area contributed by atoms with Crippen molar-refractivity contribution < 1.29 is 9.72 Å². The summed E-state index contributed by atoms with van der Waals surface area (Å²) < 4.78 is 0. The summed E-state index contributed by atoms with van der Waals surface area (Å²) in [5.41, 5.74) is 0.325. The maximum atomic E-state index is 12.1. The number of nitro benzene ring substituents is 1. The number of halogens is 1. The predicted octanol–water partition coefficient (Wildman–Crippen LogP) is 3.19. The summed E-state index contributed by atoms with van der Waals surface area (Å²) in [6, 6.07) is 8.90. The lowest BCUT2D eigenvalue weighted by Gasteiger charge is -2.05. The standard InChI is InChI=1S/C15H9ClN4O3/c16-13-2-1-12(8-14(13)20(22)23)19-15(21)11(9-17)7-10-3-5-18-6-4-10/h1-8H,(H,19,21)/b11-7+. The highest BCUT2D eigenvalue weighted by molar-refractivity contribution is 6.32. The fourth-order valence-electron chi connectivity index (χ4n) is 1.70. The third-order valence-corrected chi connectivity index (χ3v) is 3.10. The monoisotopic (exact) mass is 328 g/mol. The summed E-state index contributed by atoms with van der Waals surface area (Å²) in [5, 5.41) is 22.3. The Morgan fingerprint density at radius 3 is 2.65 bits per heavy atom. The van der Waals surface area contributed by atoms with Crippen LogP contribution in [-0.4, -0.2) is 15.8 Å². The largest absolute Gasteiger partial charge is 0.321 e. The van der Waals surface area contributed by atoms with Gasteiger partial charge in [-0.2, -0.15) is 5.26 Å². The van der Waals surface area contributed by atoms with Crippen molar-refractivity contribution in [3.8, 4) is 6.07 Å². The number of nitro groups is 1. The summed E-state index contributed by atoms with van der Waals surface area (Å²) in [4.78, 5) is 26.1. The lowest BCUT2D eigenvalue weighted by Crippen LogP contribution is -2.13. The quantitative estimate of drug-likeness (QED) is 0.401. The molecule has 114 valence electrons. The normalized spacial score (nSPS) is 10.7. The molecule has 0 saturated carbocycles. The Labute approximate surface area is 136 Å². The highest BCUT2D eigenvalue weighted by Gasteiger charge is 2.15. The van der Waals surface area contributed by atoms with E-state index >= 15 is 0 Å². The van der Waals surface area contributed by atoms with E-state index in [1.807, 2.05) is 0 Å². The van der Waals surface area contributed by atoms with Crippen molar-refractivity contribution in [3.05, 3.63) is 69.0 Å². The number of hydrogen-bond acceptors (Lipinski definition) is 5. The van der Waals surface area contributed by atoms with Crippen LogP contribution in [0.15, 0.2) is 48.3 Å². The molecule has 7 nitrogen and oxygen atoms in total. The van der Waals surface area contributed by atoms with Crippen molar-refractivity contribution in [2.45, 2.75) is 0 Å². The summed E-state index contributed by atoms with van der Waals surface area (Å²) in [6.45, 7) is 0. The number of nitrogens with zero attached hydrogens (tertiary/aromatic N) is 3. The zero-order valence-corrected chi connectivity index (χ0v) is 12.3. The highest BCUT2D eigenvalue weighted by Crippen LogP contribution is 2.27. The highest BCUT2D eigenvalue weighted by atomic mass is 35.5. The van der Waals surface area contributed by atoms with Gasteiger partial charge in [-0.25, -0.2) is 0 Å². The number of hydrogen-bond donors (Lipinski definition) is 1. The van der Waals surface area contributed by atoms with Crippen molar-refractivity contribution in [1.29, 1.82) is 5.26 Å². The van der Waals surface area contributed by atoms with E-state index in [2.05, 4.69) is 10.3 Å². The van der Waals surface area contributed by atoms with Crippen LogP contribution in [0, 0.1) is 21.4 Å². The van der Waals surface area contributed by atoms with Crippen LogP contribution < -0.4 is 5.32 Å². The van der Waals surface area contributed by atoms with Gasteiger partial charge in [-0.1, -0.05) is 11.6 Å². The molecule has 2 aromatic rings. The third-order valence-electron chi connectivity index (χ3n) is 2.78. The maximum Gasteiger partial charge on any atom is 0.289 e. The maximum absolute atomic E-state index is 12.1. The number of carbonyl (C=O) groups excluding carboxylic acids is 1. The lowest BCUT2D eigenvalue weighted by molar-refractivity contribution is -0.384. The van der Waals surface area contributed by atoms with E-state index in [1.54, 1.807) is 18.2 Å². The van der Waals surface area contributed by atoms with Crippen molar-refractivity contribution in [2.24, 2.45) is 0 Å². The summed E-state index contributed by atoms with van der Waals surface area (Å²) in [7, 11) is 0. The Hall–Kier alpha value is -3.24. The molecular formula is C15H9ClN4O3. The first-order chi connectivity index (χ1) is 11.0. The SMILES string of the molecule is N#C/C(=C\c1ccncc1)C(=O)Nc1ccc(Cl)c([N+](=O)[O-])c1. The smallest absolute Gasteiger partial charge is 0.289 e. The second-order valence-corrected chi connectivity index (χ2v) is 4.73. The minimum Gasteiger partial charge on any atom is -0.321 e. The molecule has 1 heterocycles. The first-order valence-corrected chi connectivity index (χ1v) is 6.66. The van der Waals surface area contributed by atoms with Gasteiger partial charge in [0.05, 0.1) is 4.92 Å². The molecule has 0 spiro atoms. The predicted molar refractivity (Wildman–Crippen MR) is 84.6 cm³/mol. The molecular weight excluding hydrogens is 320 g/mol. The van der Waals surface area contributed by atoms with Gasteiger partial charge in [0.15, 0.2) is 0 Å². The number of carbonyl (C=O) groups is 1. The molecule has 0 aliphatic heterocycles. The van der Waals surface area contributed by atoms with E-state index in [-0.39, 0.29) is 22.0 Å². The third kappa shape index (κ3) is 4.12. The van der Waals surface area contributed by atoms with Gasteiger partial charge in [0.25, 0.3) is 11.6 Å². The molecule has 0 atom stereocenters. The van der Waals surface area contributed by atoms with Gasteiger partial charge in [-0.05, 0) is 35.9 Å². The summed E-state index contributed by atoms with van der Waals surface area (Å²) >= 11 is 5.70. The Bertz CT molecular complexity index is 828. The Morgan fingerprint density at radius 2 is 2.04 bits per heavy atom. The molecule has 0 saturated heterocycles. The number of pyridine rings is 1. The zero-order chi connectivity index (χ0) is 16.8. The van der Waals surface area contributed by atoms with E-state index in [4.69, 9.17) is 16.9 Å². The molecule has 8 heteroatoms. The van der Waals surface area contributed by atoms with E-state index in [9.17, 15) is 14.9 Å². The van der Waals surface area contributed by atoms with Gasteiger partial charge >= 0.3 is 0 Å². The fourth-order valence-corrected chi connectivity index (χ4v) is 1.89. The zero-order valence-electron chi connectivity index (χ0n) is 11.6. The van der Waals surface area contributed by atoms with Gasteiger partial charge in [-0.3, -0.25) is 19.9 Å². The van der Waals surface area contributed by atoms with Crippen LogP contribution in [0.1, 0.15) is 5.56 Å². The lowest BCUT2D eigenvalue weighted by atomic mass is 10.1. The van der Waals surface area contributed by atoms with Crippen molar-refractivity contribution in [3.63, 3.8) is 0 Å². The van der Waals surface area contributed by atoms with E-state index in [1.165, 1.54) is 30.6 Å². The molecule has 2 rings (SSSR count). The topological polar surface area (TPSA) is 109 Å². The summed E-state index contributed by atoms with van der Waals surface area (Å²) in [6.07, 6.45) is 4.45. The molecule has 1 aromatic heterocycles. The van der Waals surface area contributed by atoms with Crippen LogP contribution in [0.25, 0.3) is 6.08 Å². The molecule has 0 aliphatic rings. The van der Waals surface area contributed by atoms with Gasteiger partial charge in [0, 0.05) is 24.1 Å². The van der Waals surface area contributed by atoms with Crippen LogP contribution >= 0.6 is 11.6 Å². The van der Waals surface area contributed by atoms with E-state index in [0.29, 0.717) is 5.56 Å². The van der Waals surface area contributed by atoms with Gasteiger partial charge in [0.2, 0.25) is 0 Å². The average Bonchev–Trinajstić information content (AvgIpc) is 2.55. The minimum atomic E-state index is -0.680. The van der Waals surface area contributed by atoms with Crippen LogP contribution in [-0.2, 0) is 4.79 Å². The Balaban J connectivity index is 2.24. The van der Waals surface area contributed by atoms with Crippen molar-refractivity contribution in [1.82, 2.24) is 4.98 Å². The molecule has 23 heavy (non-hydrogen) atoms. The number of anilines is 1. The Kier molecular flexibility index (Phi) is 5.02. The van der Waals surface area contributed by atoms with Crippen LogP contribution in [0.3, 0.4) is 0 Å². The molecule has 1 aromatic carbocycles. The molecule has 0 fully saturated rings. The number of nitriles is 1. The van der Waals surface area contributed by atoms with Gasteiger partial charge in [-0.15, -0.1) is 0 Å². The van der Waals surface area contributed by atoms with E-state index < -0.39 is 10.8 Å². The molecule has 0 aliphatic carbocycles. The van der Waals surface area contributed by atoms with Gasteiger partial charge in [0.1, 0.15) is 16.7 Å². The second kappa shape index (κ2) is 7.15. The number of rotatable bonds is 4. The molecule has 1 amide bonds. The van der Waals surface area contributed by atoms with Crippen molar-refractivity contribution >= 4 is 35.0 Å². The fraction of sp³-hybridized carbons (Fsp3) is 0. The molecule has 0 unspecified atom stereocenters. The number of aromatic nitrogens is 1. The molecule has 0 bridgehead atoms. The molecule has 1 N–H and O–H groups in total. The van der Waals surface area contributed by atoms with Crippen LogP contribution in [0.4, 0.5) is 11.4 Å². The minimum absolute atomic E-state index is 0.0409. The van der Waals surface area contributed by atoms with E-state index in [0.717, 1.165) is 6.07 Å². The number of amides is 1.